The van der Waals surface area contributed by atoms with Crippen LogP contribution in [0.5, 0.6) is 11.5 Å². The minimum Gasteiger partial charge on any atom is -0.497 e. The normalized spacial score (nSPS) is 19.3. The topological polar surface area (TPSA) is 96.1 Å². The molecule has 9 heteroatoms. The van der Waals surface area contributed by atoms with Crippen LogP contribution in [0.1, 0.15) is 17.7 Å². The van der Waals surface area contributed by atoms with Crippen molar-refractivity contribution in [3.05, 3.63) is 59.8 Å². The Morgan fingerprint density at radius 3 is 2.69 bits per heavy atom. The Hall–Kier alpha value is -3.72. The fourth-order valence-corrected chi connectivity index (χ4v) is 5.56. The number of likely N-dealkylation sites (tertiary alicyclic amines) is 1. The monoisotopic (exact) mass is 492 g/mol. The number of carbonyl (C=O) groups excluding carboxylic acids is 2. The van der Waals surface area contributed by atoms with E-state index in [4.69, 9.17) is 9.47 Å². The maximum absolute atomic E-state index is 13.4. The van der Waals surface area contributed by atoms with E-state index in [1.165, 1.54) is 12.7 Å². The van der Waals surface area contributed by atoms with Crippen LogP contribution in [0.4, 0.5) is 4.79 Å². The number of benzene rings is 2. The van der Waals surface area contributed by atoms with Crippen LogP contribution in [0.2, 0.25) is 0 Å². The predicted molar refractivity (Wildman–Crippen MR) is 135 cm³/mol. The molecule has 0 bridgehead atoms. The number of nitrogens with zero attached hydrogens (tertiary/aromatic N) is 2. The Morgan fingerprint density at radius 2 is 1.92 bits per heavy atom. The lowest BCUT2D eigenvalue weighted by Crippen LogP contribution is -2.57. The molecule has 0 aliphatic carbocycles. The fourth-order valence-electron chi connectivity index (χ4n) is 5.56. The summed E-state index contributed by atoms with van der Waals surface area (Å²) in [5.41, 5.74) is 2.83. The van der Waals surface area contributed by atoms with Crippen molar-refractivity contribution < 1.29 is 23.8 Å². The number of para-hydroxylation sites is 1. The summed E-state index contributed by atoms with van der Waals surface area (Å²) in [6, 6.07) is 15.8. The number of amides is 2. The Balaban J connectivity index is 1.41. The number of alkyl carbamates (subject to hydrolysis) is 1. The van der Waals surface area contributed by atoms with Crippen LogP contribution >= 0.6 is 0 Å². The van der Waals surface area contributed by atoms with Crippen LogP contribution in [-0.4, -0.2) is 80.3 Å². The fraction of sp³-hybridized carbons (Fsp3) is 0.407. The molecule has 1 unspecified atom stereocenters. The number of aromatic amines is 1. The minimum atomic E-state index is -0.612. The first-order valence-corrected chi connectivity index (χ1v) is 12.3. The van der Waals surface area contributed by atoms with E-state index in [2.05, 4.69) is 26.0 Å². The van der Waals surface area contributed by atoms with Gasteiger partial charge >= 0.3 is 6.09 Å². The zero-order chi connectivity index (χ0) is 25.1. The lowest BCUT2D eigenvalue weighted by Gasteiger charge is -2.45. The van der Waals surface area contributed by atoms with Gasteiger partial charge in [-0.15, -0.1) is 0 Å². The van der Waals surface area contributed by atoms with E-state index in [0.717, 1.165) is 54.0 Å². The summed E-state index contributed by atoms with van der Waals surface area (Å²) in [5.74, 6) is 1.54. The minimum absolute atomic E-state index is 0.102. The summed E-state index contributed by atoms with van der Waals surface area (Å²) in [7, 11) is 2.96. The standard InChI is InChI=1S/C27H32N4O5/c1-34-20-8-9-23-22(16-20)21-10-12-31(24(32)17-28-26(33)35-2)27(25(21)29-23)11-13-30(18-27)14-15-36-19-6-4-3-5-7-19/h3-9,16,29H,10-15,17-18H2,1-2H3,(H,28,33). The van der Waals surface area contributed by atoms with E-state index in [1.54, 1.807) is 7.11 Å². The zero-order valence-electron chi connectivity index (χ0n) is 20.7. The van der Waals surface area contributed by atoms with Gasteiger partial charge in [0.25, 0.3) is 0 Å². The third kappa shape index (κ3) is 4.46. The zero-order valence-corrected chi connectivity index (χ0v) is 20.7. The van der Waals surface area contributed by atoms with E-state index < -0.39 is 11.6 Å². The first-order chi connectivity index (χ1) is 17.5. The second-order valence-corrected chi connectivity index (χ2v) is 9.25. The van der Waals surface area contributed by atoms with Gasteiger partial charge in [0.15, 0.2) is 0 Å². The quantitative estimate of drug-likeness (QED) is 0.527. The third-order valence-corrected chi connectivity index (χ3v) is 7.30. The summed E-state index contributed by atoms with van der Waals surface area (Å²) in [6.07, 6.45) is 0.906. The molecule has 2 aliphatic heterocycles. The van der Waals surface area contributed by atoms with Gasteiger partial charge in [0.05, 0.1) is 19.8 Å². The molecule has 2 N–H and O–H groups in total. The average Bonchev–Trinajstić information content (AvgIpc) is 3.50. The van der Waals surface area contributed by atoms with Crippen LogP contribution < -0.4 is 14.8 Å². The van der Waals surface area contributed by atoms with Crippen molar-refractivity contribution in [1.82, 2.24) is 20.1 Å². The number of nitrogens with one attached hydrogen (secondary N) is 2. The Morgan fingerprint density at radius 1 is 1.08 bits per heavy atom. The van der Waals surface area contributed by atoms with Crippen molar-refractivity contribution >= 4 is 22.9 Å². The molecule has 36 heavy (non-hydrogen) atoms. The molecule has 1 spiro atoms. The molecule has 2 aliphatic rings. The molecule has 1 saturated heterocycles. The molecule has 3 aromatic rings. The molecule has 9 nitrogen and oxygen atoms in total. The van der Waals surface area contributed by atoms with Crippen LogP contribution in [0, 0.1) is 0 Å². The smallest absolute Gasteiger partial charge is 0.407 e. The largest absolute Gasteiger partial charge is 0.497 e. The van der Waals surface area contributed by atoms with Crippen molar-refractivity contribution in [3.8, 4) is 11.5 Å². The number of hydrogen-bond donors (Lipinski definition) is 2. The molecule has 2 aromatic carbocycles. The number of rotatable bonds is 7. The number of methoxy groups -OCH3 is 2. The number of carbonyl (C=O) groups is 2. The second kappa shape index (κ2) is 10.1. The highest BCUT2D eigenvalue weighted by Gasteiger charge is 2.50. The van der Waals surface area contributed by atoms with Crippen molar-refractivity contribution in [1.29, 1.82) is 0 Å². The van der Waals surface area contributed by atoms with Crippen LogP contribution in [0.3, 0.4) is 0 Å². The van der Waals surface area contributed by atoms with Gasteiger partial charge in [0.2, 0.25) is 5.91 Å². The SMILES string of the molecule is COC(=O)NCC(=O)N1CCc2c([nH]c3ccc(OC)cc23)C12CCN(CCOc1ccccc1)C2. The highest BCUT2D eigenvalue weighted by atomic mass is 16.5. The van der Waals surface area contributed by atoms with Crippen LogP contribution in [-0.2, 0) is 21.5 Å². The molecule has 1 fully saturated rings. The van der Waals surface area contributed by atoms with Gasteiger partial charge in [-0.1, -0.05) is 18.2 Å². The van der Waals surface area contributed by atoms with Crippen molar-refractivity contribution in [2.45, 2.75) is 18.4 Å². The molecular formula is C27H32N4O5. The summed E-state index contributed by atoms with van der Waals surface area (Å²) < 4.78 is 16.1. The van der Waals surface area contributed by atoms with Crippen LogP contribution in [0.25, 0.3) is 10.9 Å². The maximum Gasteiger partial charge on any atom is 0.407 e. The van der Waals surface area contributed by atoms with Crippen molar-refractivity contribution in [2.75, 3.05) is 53.6 Å². The molecule has 3 heterocycles. The van der Waals surface area contributed by atoms with Gasteiger partial charge in [-0.3, -0.25) is 9.69 Å². The number of ether oxygens (including phenoxy) is 3. The lowest BCUT2D eigenvalue weighted by atomic mass is 9.83. The summed E-state index contributed by atoms with van der Waals surface area (Å²) in [5, 5.41) is 3.69. The number of H-pyrrole nitrogens is 1. The van der Waals surface area contributed by atoms with Gasteiger partial charge in [-0.05, 0) is 48.7 Å². The molecule has 1 atom stereocenters. The van der Waals surface area contributed by atoms with Gasteiger partial charge in [-0.25, -0.2) is 4.79 Å². The van der Waals surface area contributed by atoms with Crippen molar-refractivity contribution in [3.63, 3.8) is 0 Å². The Labute approximate surface area is 210 Å². The van der Waals surface area contributed by atoms with Gasteiger partial charge in [0.1, 0.15) is 24.7 Å². The van der Waals surface area contributed by atoms with E-state index in [-0.39, 0.29) is 12.5 Å². The first-order valence-electron chi connectivity index (χ1n) is 12.3. The van der Waals surface area contributed by atoms with E-state index in [9.17, 15) is 9.59 Å². The van der Waals surface area contributed by atoms with Gasteiger partial charge in [-0.2, -0.15) is 0 Å². The number of aromatic nitrogens is 1. The summed E-state index contributed by atoms with van der Waals surface area (Å²) >= 11 is 0. The van der Waals surface area contributed by atoms with Gasteiger partial charge < -0.3 is 29.4 Å². The van der Waals surface area contributed by atoms with Crippen molar-refractivity contribution in [2.24, 2.45) is 0 Å². The maximum atomic E-state index is 13.4. The summed E-state index contributed by atoms with van der Waals surface area (Å²) in [4.78, 5) is 33.0. The molecule has 5 rings (SSSR count). The molecular weight excluding hydrogens is 460 g/mol. The predicted octanol–water partition coefficient (Wildman–Crippen LogP) is 2.90. The van der Waals surface area contributed by atoms with Gasteiger partial charge in [0, 0.05) is 42.8 Å². The molecule has 0 radical (unpaired) electrons. The first kappa shape index (κ1) is 24.0. The highest BCUT2D eigenvalue weighted by molar-refractivity contribution is 5.89. The van der Waals surface area contributed by atoms with E-state index in [0.29, 0.717) is 19.7 Å². The number of hydrogen-bond acceptors (Lipinski definition) is 6. The Bertz CT molecular complexity index is 1240. The molecule has 0 saturated carbocycles. The van der Waals surface area contributed by atoms with Crippen LogP contribution in [0.15, 0.2) is 48.5 Å². The molecule has 1 aromatic heterocycles. The second-order valence-electron chi connectivity index (χ2n) is 9.25. The number of fused-ring (bicyclic) bond motifs is 4. The average molecular weight is 493 g/mol. The van der Waals surface area contributed by atoms with E-state index in [1.807, 2.05) is 47.4 Å². The lowest BCUT2D eigenvalue weighted by molar-refractivity contribution is -0.137. The Kier molecular flexibility index (Phi) is 6.73. The van der Waals surface area contributed by atoms with E-state index >= 15 is 0 Å². The summed E-state index contributed by atoms with van der Waals surface area (Å²) in [6.45, 7) is 3.32. The molecule has 2 amide bonds. The molecule has 190 valence electrons. The highest BCUT2D eigenvalue weighted by Crippen LogP contribution is 2.45. The third-order valence-electron chi connectivity index (χ3n) is 7.30.